The summed E-state index contributed by atoms with van der Waals surface area (Å²) in [6, 6.07) is 0. The van der Waals surface area contributed by atoms with Crippen LogP contribution in [-0.4, -0.2) is 35.4 Å². The first-order valence-corrected chi connectivity index (χ1v) is 9.48. The van der Waals surface area contributed by atoms with Gasteiger partial charge in [0.25, 0.3) is 0 Å². The van der Waals surface area contributed by atoms with Crippen molar-refractivity contribution in [1.29, 1.82) is 0 Å². The molecule has 3 saturated heterocycles. The predicted octanol–water partition coefficient (Wildman–Crippen LogP) is 1.81. The molecular formula is C19H24O5. The average molecular weight is 332 g/mol. The molecule has 2 spiro atoms. The quantitative estimate of drug-likeness (QED) is 0.685. The lowest BCUT2D eigenvalue weighted by molar-refractivity contribution is -0.434. The number of Topliss-reactive ketones (excluding diaryl/α,β-unsaturated/α-hetero) is 1. The maximum absolute atomic E-state index is 12.7. The fourth-order valence-corrected chi connectivity index (χ4v) is 8.24. The molecule has 7 fully saturated rings. The Kier molecular flexibility index (Phi) is 2.23. The van der Waals surface area contributed by atoms with Crippen molar-refractivity contribution in [3.63, 3.8) is 0 Å². The molecule has 3 heterocycles. The first kappa shape index (κ1) is 14.3. The molecule has 5 heteroatoms. The van der Waals surface area contributed by atoms with Crippen molar-refractivity contribution in [1.82, 2.24) is 0 Å². The van der Waals surface area contributed by atoms with Crippen LogP contribution in [0.4, 0.5) is 0 Å². The van der Waals surface area contributed by atoms with Gasteiger partial charge in [-0.2, -0.15) is 0 Å². The third kappa shape index (κ3) is 1.14. The van der Waals surface area contributed by atoms with E-state index in [2.05, 4.69) is 0 Å². The van der Waals surface area contributed by atoms with E-state index in [4.69, 9.17) is 9.47 Å². The monoisotopic (exact) mass is 332 g/mol. The highest BCUT2D eigenvalue weighted by Gasteiger charge is 2.84. The second kappa shape index (κ2) is 3.75. The van der Waals surface area contributed by atoms with Crippen LogP contribution in [0.5, 0.6) is 0 Å². The lowest BCUT2D eigenvalue weighted by atomic mass is 9.37. The van der Waals surface area contributed by atoms with Gasteiger partial charge in [-0.05, 0) is 44.9 Å². The zero-order chi connectivity index (χ0) is 16.5. The topological polar surface area (TPSA) is 72.8 Å². The predicted molar refractivity (Wildman–Crippen MR) is 81.6 cm³/mol. The van der Waals surface area contributed by atoms with Crippen LogP contribution in [0.15, 0.2) is 0 Å². The summed E-state index contributed by atoms with van der Waals surface area (Å²) in [6.45, 7) is 2.55. The van der Waals surface area contributed by atoms with Gasteiger partial charge < -0.3 is 14.6 Å². The van der Waals surface area contributed by atoms with Crippen molar-refractivity contribution >= 4 is 11.8 Å². The minimum atomic E-state index is -1.47. The van der Waals surface area contributed by atoms with Crippen molar-refractivity contribution < 1.29 is 24.2 Å². The SMILES string of the molecule is C[C@]12CCC[C@]34CO[C@](O)([C@H](OC1=O)[C@@H]32)[C@]12CC(=O)[C@H](CC[C@@H]41)C2. The van der Waals surface area contributed by atoms with Gasteiger partial charge >= 0.3 is 5.97 Å². The van der Waals surface area contributed by atoms with Gasteiger partial charge in [-0.1, -0.05) is 6.42 Å². The summed E-state index contributed by atoms with van der Waals surface area (Å²) < 4.78 is 11.9. The van der Waals surface area contributed by atoms with Gasteiger partial charge in [0.2, 0.25) is 5.79 Å². The number of carbonyl (C=O) groups is 2. The molecule has 0 aromatic heterocycles. The zero-order valence-corrected chi connectivity index (χ0v) is 14.0. The normalized spacial score (nSPS) is 63.1. The highest BCUT2D eigenvalue weighted by atomic mass is 16.7. The van der Waals surface area contributed by atoms with Crippen molar-refractivity contribution in [2.24, 2.45) is 34.0 Å². The molecule has 7 rings (SSSR count). The Morgan fingerprint density at radius 2 is 2.04 bits per heavy atom. The first-order chi connectivity index (χ1) is 11.4. The summed E-state index contributed by atoms with van der Waals surface area (Å²) >= 11 is 0. The largest absolute Gasteiger partial charge is 0.456 e. The zero-order valence-electron chi connectivity index (χ0n) is 14.0. The van der Waals surface area contributed by atoms with Gasteiger partial charge in [-0.15, -0.1) is 0 Å². The number of hydrogen-bond donors (Lipinski definition) is 1. The van der Waals surface area contributed by atoms with E-state index in [1.807, 2.05) is 6.92 Å². The fourth-order valence-electron chi connectivity index (χ4n) is 8.24. The van der Waals surface area contributed by atoms with Gasteiger partial charge in [-0.3, -0.25) is 9.59 Å². The minimum Gasteiger partial charge on any atom is -0.456 e. The lowest BCUT2D eigenvalue weighted by Crippen LogP contribution is -2.78. The number of fused-ring (bicyclic) bond motifs is 2. The molecule has 24 heavy (non-hydrogen) atoms. The molecule has 4 saturated carbocycles. The van der Waals surface area contributed by atoms with Crippen LogP contribution in [0.1, 0.15) is 51.9 Å². The summed E-state index contributed by atoms with van der Waals surface area (Å²) in [5.74, 6) is -0.983. The van der Waals surface area contributed by atoms with Crippen LogP contribution in [-0.2, 0) is 19.1 Å². The van der Waals surface area contributed by atoms with E-state index in [0.717, 1.165) is 32.1 Å². The van der Waals surface area contributed by atoms with E-state index in [1.165, 1.54) is 0 Å². The third-order valence-corrected chi connectivity index (χ3v) is 9.03. The third-order valence-electron chi connectivity index (χ3n) is 9.03. The van der Waals surface area contributed by atoms with E-state index in [9.17, 15) is 14.7 Å². The minimum absolute atomic E-state index is 0.0351. The van der Waals surface area contributed by atoms with E-state index in [0.29, 0.717) is 19.4 Å². The van der Waals surface area contributed by atoms with Gasteiger partial charge in [-0.25, -0.2) is 0 Å². The highest BCUT2D eigenvalue weighted by molar-refractivity contribution is 5.85. The lowest BCUT2D eigenvalue weighted by Gasteiger charge is -2.71. The average Bonchev–Trinajstić information content (AvgIpc) is 2.97. The Morgan fingerprint density at radius 3 is 2.88 bits per heavy atom. The second-order valence-corrected chi connectivity index (χ2v) is 9.62. The Balaban J connectivity index is 1.62. The molecule has 7 aliphatic rings. The first-order valence-electron chi connectivity index (χ1n) is 9.48. The molecule has 0 aromatic carbocycles. The van der Waals surface area contributed by atoms with Crippen LogP contribution in [0.25, 0.3) is 0 Å². The Labute approximate surface area is 141 Å². The highest BCUT2D eigenvalue weighted by Crippen LogP contribution is 2.78. The Morgan fingerprint density at radius 1 is 1.21 bits per heavy atom. The molecule has 5 nitrogen and oxygen atoms in total. The van der Waals surface area contributed by atoms with Crippen LogP contribution in [0, 0.1) is 34.0 Å². The summed E-state index contributed by atoms with van der Waals surface area (Å²) in [6.07, 6.45) is 5.31. The van der Waals surface area contributed by atoms with E-state index < -0.39 is 22.7 Å². The molecule has 0 amide bonds. The molecule has 0 radical (unpaired) electrons. The molecule has 4 bridgehead atoms. The smallest absolute Gasteiger partial charge is 0.312 e. The standard InChI is InChI=1S/C19H24O5/c1-16-5-2-6-17-9-23-19(22,14(13(16)17)24-15(16)21)18-7-10(11(20)8-18)3-4-12(17)18/h10,12-14,22H,2-9H2,1H3/t10-,12+,13-,14-,16-,17-,18-,19-/m1/s1. The molecule has 4 aliphatic carbocycles. The molecule has 1 N–H and O–H groups in total. The summed E-state index contributed by atoms with van der Waals surface area (Å²) in [4.78, 5) is 25.3. The molecule has 8 atom stereocenters. The number of hydrogen-bond acceptors (Lipinski definition) is 5. The maximum atomic E-state index is 12.7. The van der Waals surface area contributed by atoms with Crippen LogP contribution >= 0.6 is 0 Å². The van der Waals surface area contributed by atoms with Gasteiger partial charge in [0, 0.05) is 29.1 Å². The summed E-state index contributed by atoms with van der Waals surface area (Å²) in [5.41, 5.74) is -1.14. The Hall–Kier alpha value is -0.940. The van der Waals surface area contributed by atoms with Crippen LogP contribution in [0.3, 0.4) is 0 Å². The van der Waals surface area contributed by atoms with Crippen LogP contribution < -0.4 is 0 Å². The van der Waals surface area contributed by atoms with Gasteiger partial charge in [0.1, 0.15) is 5.78 Å². The van der Waals surface area contributed by atoms with Crippen LogP contribution in [0.2, 0.25) is 0 Å². The summed E-state index contributed by atoms with van der Waals surface area (Å²) in [7, 11) is 0. The van der Waals surface area contributed by atoms with Gasteiger partial charge in [0.15, 0.2) is 6.10 Å². The second-order valence-electron chi connectivity index (χ2n) is 9.62. The molecule has 3 aliphatic heterocycles. The maximum Gasteiger partial charge on any atom is 0.312 e. The number of ketones is 1. The summed E-state index contributed by atoms with van der Waals surface area (Å²) in [5, 5.41) is 11.7. The number of carbonyl (C=O) groups excluding carboxylic acids is 2. The number of ether oxygens (including phenoxy) is 2. The number of rotatable bonds is 0. The van der Waals surface area contributed by atoms with Crippen molar-refractivity contribution in [3.05, 3.63) is 0 Å². The number of aliphatic hydroxyl groups is 1. The molecule has 0 aromatic rings. The van der Waals surface area contributed by atoms with E-state index in [-0.39, 0.29) is 34.9 Å². The van der Waals surface area contributed by atoms with Crippen molar-refractivity contribution in [2.45, 2.75) is 63.8 Å². The molecular weight excluding hydrogens is 308 g/mol. The van der Waals surface area contributed by atoms with Crippen molar-refractivity contribution in [3.8, 4) is 0 Å². The van der Waals surface area contributed by atoms with E-state index in [1.54, 1.807) is 0 Å². The fraction of sp³-hybridized carbons (Fsp3) is 0.895. The van der Waals surface area contributed by atoms with E-state index >= 15 is 0 Å². The molecule has 0 unspecified atom stereocenters. The molecule has 130 valence electrons. The Bertz CT molecular complexity index is 689. The van der Waals surface area contributed by atoms with Gasteiger partial charge in [0.05, 0.1) is 12.0 Å². The number of esters is 1. The van der Waals surface area contributed by atoms with Crippen molar-refractivity contribution in [2.75, 3.05) is 6.61 Å².